The van der Waals surface area contributed by atoms with Crippen LogP contribution < -0.4 is 0 Å². The molecule has 1 atom stereocenters. The van der Waals surface area contributed by atoms with Crippen molar-refractivity contribution in [3.8, 4) is 0 Å². The standard InChI is InChI=1S/C11H12NO5P/c13-10-6-7-11(14)12(10)17-18(15,16)8-9-4-2-1-3-5-9/h1-5H,6-8H2,(H,15,16). The fourth-order valence-corrected chi connectivity index (χ4v) is 2.78. The molecule has 7 heteroatoms. The molecule has 96 valence electrons. The van der Waals surface area contributed by atoms with Crippen LogP contribution in [-0.4, -0.2) is 21.8 Å². The Hall–Kier alpha value is -1.49. The van der Waals surface area contributed by atoms with Crippen molar-refractivity contribution in [3.05, 3.63) is 35.9 Å². The van der Waals surface area contributed by atoms with Crippen molar-refractivity contribution in [1.82, 2.24) is 5.06 Å². The highest BCUT2D eigenvalue weighted by Gasteiger charge is 2.36. The Morgan fingerprint density at radius 1 is 1.17 bits per heavy atom. The molecule has 0 saturated carbocycles. The van der Waals surface area contributed by atoms with Gasteiger partial charge < -0.3 is 4.89 Å². The third-order valence-corrected chi connectivity index (χ3v) is 3.62. The highest BCUT2D eigenvalue weighted by molar-refractivity contribution is 7.51. The zero-order valence-electron chi connectivity index (χ0n) is 9.48. The summed E-state index contributed by atoms with van der Waals surface area (Å²) < 4.78 is 16.5. The maximum Gasteiger partial charge on any atom is 0.354 e. The van der Waals surface area contributed by atoms with E-state index in [1.807, 2.05) is 0 Å². The normalized spacial score (nSPS) is 19.1. The Morgan fingerprint density at radius 2 is 1.72 bits per heavy atom. The van der Waals surface area contributed by atoms with E-state index in [4.69, 9.17) is 0 Å². The predicted molar refractivity (Wildman–Crippen MR) is 62.1 cm³/mol. The molecule has 18 heavy (non-hydrogen) atoms. The van der Waals surface area contributed by atoms with Gasteiger partial charge >= 0.3 is 7.60 Å². The third-order valence-electron chi connectivity index (χ3n) is 2.44. The Balaban J connectivity index is 2.06. The van der Waals surface area contributed by atoms with Crippen LogP contribution in [0.2, 0.25) is 0 Å². The molecular formula is C11H12NO5P. The fraction of sp³-hybridized carbons (Fsp3) is 0.273. The van der Waals surface area contributed by atoms with Crippen LogP contribution in [0.5, 0.6) is 0 Å². The molecule has 1 fully saturated rings. The summed E-state index contributed by atoms with van der Waals surface area (Å²) in [7, 11) is -4.05. The van der Waals surface area contributed by atoms with Crippen molar-refractivity contribution >= 4 is 19.4 Å². The van der Waals surface area contributed by atoms with Gasteiger partial charge in [-0.15, -0.1) is 5.06 Å². The van der Waals surface area contributed by atoms with Crippen molar-refractivity contribution < 1.29 is 23.7 Å². The van der Waals surface area contributed by atoms with E-state index >= 15 is 0 Å². The smallest absolute Gasteiger partial charge is 0.323 e. The van der Waals surface area contributed by atoms with Crippen LogP contribution in [0, 0.1) is 0 Å². The summed E-state index contributed by atoms with van der Waals surface area (Å²) in [5.41, 5.74) is 0.599. The van der Waals surface area contributed by atoms with Gasteiger partial charge in [0, 0.05) is 12.8 Å². The molecule has 0 aromatic heterocycles. The Morgan fingerprint density at radius 3 is 2.28 bits per heavy atom. The molecule has 1 aromatic rings. The molecule has 0 radical (unpaired) electrons. The van der Waals surface area contributed by atoms with Crippen LogP contribution in [-0.2, 0) is 24.9 Å². The second-order valence-corrected chi connectivity index (χ2v) is 5.70. The number of carbonyl (C=O) groups is 2. The maximum absolute atomic E-state index is 11.8. The number of hydrogen-bond donors (Lipinski definition) is 1. The van der Waals surface area contributed by atoms with Crippen molar-refractivity contribution in [1.29, 1.82) is 0 Å². The van der Waals surface area contributed by atoms with Crippen LogP contribution in [0.1, 0.15) is 18.4 Å². The summed E-state index contributed by atoms with van der Waals surface area (Å²) >= 11 is 0. The van der Waals surface area contributed by atoms with Crippen molar-refractivity contribution in [2.45, 2.75) is 19.0 Å². The molecule has 0 aliphatic carbocycles. The molecule has 1 N–H and O–H groups in total. The van der Waals surface area contributed by atoms with Crippen LogP contribution in [0.4, 0.5) is 0 Å². The summed E-state index contributed by atoms with van der Waals surface area (Å²) in [5.74, 6) is -1.16. The van der Waals surface area contributed by atoms with Gasteiger partial charge in [0.15, 0.2) is 0 Å². The van der Waals surface area contributed by atoms with Gasteiger partial charge in [0.05, 0.1) is 6.16 Å². The fourth-order valence-electron chi connectivity index (χ4n) is 1.62. The molecule has 1 heterocycles. The van der Waals surface area contributed by atoms with Crippen LogP contribution in [0.3, 0.4) is 0 Å². The average Bonchev–Trinajstić information content (AvgIpc) is 2.61. The molecule has 1 aromatic carbocycles. The lowest BCUT2D eigenvalue weighted by atomic mass is 10.2. The van der Waals surface area contributed by atoms with E-state index < -0.39 is 19.4 Å². The molecular weight excluding hydrogens is 257 g/mol. The van der Waals surface area contributed by atoms with Crippen molar-refractivity contribution in [2.24, 2.45) is 0 Å². The first-order chi connectivity index (χ1) is 8.48. The number of imide groups is 1. The van der Waals surface area contributed by atoms with E-state index in [1.54, 1.807) is 30.3 Å². The number of nitrogens with zero attached hydrogens (tertiary/aromatic N) is 1. The summed E-state index contributed by atoms with van der Waals surface area (Å²) in [6.45, 7) is 0. The minimum absolute atomic E-state index is 0.0180. The summed E-state index contributed by atoms with van der Waals surface area (Å²) in [4.78, 5) is 32.2. The zero-order valence-corrected chi connectivity index (χ0v) is 10.4. The first-order valence-electron chi connectivity index (χ1n) is 5.39. The van der Waals surface area contributed by atoms with Crippen LogP contribution >= 0.6 is 7.60 Å². The van der Waals surface area contributed by atoms with Gasteiger partial charge in [0.25, 0.3) is 11.8 Å². The maximum atomic E-state index is 11.8. The number of benzene rings is 1. The third kappa shape index (κ3) is 3.04. The lowest BCUT2D eigenvalue weighted by Crippen LogP contribution is -2.28. The average molecular weight is 269 g/mol. The second kappa shape index (κ2) is 5.02. The minimum Gasteiger partial charge on any atom is -0.323 e. The number of hydroxylamine groups is 2. The van der Waals surface area contributed by atoms with Crippen LogP contribution in [0.15, 0.2) is 30.3 Å². The van der Waals surface area contributed by atoms with Gasteiger partial charge in [-0.05, 0) is 5.56 Å². The number of carbonyl (C=O) groups excluding carboxylic acids is 2. The van der Waals surface area contributed by atoms with E-state index in [2.05, 4.69) is 4.62 Å². The molecule has 2 amide bonds. The molecule has 6 nitrogen and oxygen atoms in total. The van der Waals surface area contributed by atoms with E-state index in [1.165, 1.54) is 0 Å². The summed E-state index contributed by atoms with van der Waals surface area (Å²) in [6, 6.07) is 8.56. The summed E-state index contributed by atoms with van der Waals surface area (Å²) in [5, 5.41) is 0.406. The van der Waals surface area contributed by atoms with E-state index in [0.717, 1.165) is 0 Å². The highest BCUT2D eigenvalue weighted by Crippen LogP contribution is 2.47. The highest BCUT2D eigenvalue weighted by atomic mass is 31.2. The number of amides is 2. The van der Waals surface area contributed by atoms with Gasteiger partial charge in [0.2, 0.25) is 0 Å². The van der Waals surface area contributed by atoms with E-state index in [0.29, 0.717) is 10.6 Å². The Labute approximate surface area is 104 Å². The molecule has 2 rings (SSSR count). The van der Waals surface area contributed by atoms with Gasteiger partial charge in [-0.2, -0.15) is 4.62 Å². The number of hydrogen-bond acceptors (Lipinski definition) is 4. The second-order valence-electron chi connectivity index (χ2n) is 3.94. The topological polar surface area (TPSA) is 83.9 Å². The quantitative estimate of drug-likeness (QED) is 0.660. The SMILES string of the molecule is O=C1CCC(=O)N1OP(=O)(O)Cc1ccccc1. The zero-order chi connectivity index (χ0) is 13.2. The van der Waals surface area contributed by atoms with Crippen LogP contribution in [0.25, 0.3) is 0 Å². The number of rotatable bonds is 4. The Bertz CT molecular complexity index is 499. The lowest BCUT2D eigenvalue weighted by Gasteiger charge is -2.17. The van der Waals surface area contributed by atoms with Gasteiger partial charge in [0.1, 0.15) is 0 Å². The molecule has 1 aliphatic heterocycles. The lowest BCUT2D eigenvalue weighted by molar-refractivity contribution is -0.166. The molecule has 1 saturated heterocycles. The molecule has 0 bridgehead atoms. The first-order valence-corrected chi connectivity index (χ1v) is 7.15. The van der Waals surface area contributed by atoms with E-state index in [-0.39, 0.29) is 19.0 Å². The Kier molecular flexibility index (Phi) is 3.61. The first kappa shape index (κ1) is 13.0. The van der Waals surface area contributed by atoms with Gasteiger partial charge in [-0.1, -0.05) is 30.3 Å². The van der Waals surface area contributed by atoms with Gasteiger partial charge in [-0.3, -0.25) is 14.2 Å². The molecule has 1 unspecified atom stereocenters. The minimum atomic E-state index is -4.05. The van der Waals surface area contributed by atoms with Crippen molar-refractivity contribution in [2.75, 3.05) is 0 Å². The largest absolute Gasteiger partial charge is 0.354 e. The molecule has 1 aliphatic rings. The van der Waals surface area contributed by atoms with E-state index in [9.17, 15) is 19.0 Å². The van der Waals surface area contributed by atoms with Crippen molar-refractivity contribution in [3.63, 3.8) is 0 Å². The monoisotopic (exact) mass is 269 g/mol. The summed E-state index contributed by atoms with van der Waals surface area (Å²) in [6.07, 6.45) is -0.209. The molecule has 0 spiro atoms. The predicted octanol–water partition coefficient (Wildman–Crippen LogP) is 1.45. The van der Waals surface area contributed by atoms with Gasteiger partial charge in [-0.25, -0.2) is 0 Å².